The van der Waals surface area contributed by atoms with Gasteiger partial charge in [-0.1, -0.05) is 11.6 Å². The van der Waals surface area contributed by atoms with Gasteiger partial charge in [0.15, 0.2) is 0 Å². The van der Waals surface area contributed by atoms with Crippen molar-refractivity contribution in [1.82, 2.24) is 9.88 Å². The minimum Gasteiger partial charge on any atom is -0.458 e. The number of hydrogen-bond donors (Lipinski definition) is 0. The van der Waals surface area contributed by atoms with Gasteiger partial charge >= 0.3 is 5.97 Å². The summed E-state index contributed by atoms with van der Waals surface area (Å²) in [7, 11) is 0. The van der Waals surface area contributed by atoms with Crippen molar-refractivity contribution in [2.24, 2.45) is 0 Å². The minimum atomic E-state index is -0.561. The van der Waals surface area contributed by atoms with Crippen molar-refractivity contribution in [1.29, 1.82) is 0 Å². The maximum absolute atomic E-state index is 12.5. The number of aromatic nitrogens is 1. The fourth-order valence-corrected chi connectivity index (χ4v) is 2.50. The van der Waals surface area contributed by atoms with Gasteiger partial charge in [-0.3, -0.25) is 4.79 Å². The fourth-order valence-electron chi connectivity index (χ4n) is 2.33. The van der Waals surface area contributed by atoms with Crippen molar-refractivity contribution in [3.63, 3.8) is 0 Å². The number of carbonyl (C=O) groups excluding carboxylic acids is 2. The Hall–Kier alpha value is -1.62. The molecule has 1 amide bonds. The van der Waals surface area contributed by atoms with Crippen LogP contribution in [0.15, 0.2) is 18.3 Å². The van der Waals surface area contributed by atoms with E-state index in [0.717, 1.165) is 6.42 Å². The third-order valence-corrected chi connectivity index (χ3v) is 3.37. The van der Waals surface area contributed by atoms with Crippen LogP contribution >= 0.6 is 11.6 Å². The predicted octanol–water partition coefficient (Wildman–Crippen LogP) is 2.68. The van der Waals surface area contributed by atoms with Crippen LogP contribution in [-0.4, -0.2) is 39.9 Å². The lowest BCUT2D eigenvalue weighted by Gasteiger charge is -2.27. The van der Waals surface area contributed by atoms with E-state index in [0.29, 0.717) is 18.5 Å². The maximum atomic E-state index is 12.5. The second kappa shape index (κ2) is 6.02. The van der Waals surface area contributed by atoms with Crippen molar-refractivity contribution < 1.29 is 14.3 Å². The van der Waals surface area contributed by atoms with Crippen LogP contribution < -0.4 is 0 Å². The second-order valence-electron chi connectivity index (χ2n) is 6.06. The lowest BCUT2D eigenvalue weighted by atomic mass is 10.1. The molecule has 1 aromatic heterocycles. The van der Waals surface area contributed by atoms with Crippen LogP contribution in [0.3, 0.4) is 0 Å². The third kappa shape index (κ3) is 3.94. The molecule has 0 radical (unpaired) electrons. The summed E-state index contributed by atoms with van der Waals surface area (Å²) in [5, 5.41) is 0.258. The lowest BCUT2D eigenvalue weighted by Crippen LogP contribution is -2.43. The largest absolute Gasteiger partial charge is 0.458 e. The summed E-state index contributed by atoms with van der Waals surface area (Å²) in [5.41, 5.74) is -0.126. The first-order valence-electron chi connectivity index (χ1n) is 6.93. The van der Waals surface area contributed by atoms with Crippen LogP contribution in [0.5, 0.6) is 0 Å². The molecule has 2 rings (SSSR count). The van der Waals surface area contributed by atoms with Gasteiger partial charge in [0.1, 0.15) is 16.8 Å². The molecule has 0 unspecified atom stereocenters. The van der Waals surface area contributed by atoms with Gasteiger partial charge < -0.3 is 9.64 Å². The normalized spacial score (nSPS) is 18.7. The van der Waals surface area contributed by atoms with E-state index in [2.05, 4.69) is 4.98 Å². The molecule has 1 saturated heterocycles. The molecule has 1 fully saturated rings. The molecule has 0 spiro atoms. The summed E-state index contributed by atoms with van der Waals surface area (Å²) in [4.78, 5) is 30.1. The highest BCUT2D eigenvalue weighted by Gasteiger charge is 2.37. The van der Waals surface area contributed by atoms with E-state index in [1.807, 2.05) is 20.8 Å². The highest BCUT2D eigenvalue weighted by atomic mass is 35.5. The summed E-state index contributed by atoms with van der Waals surface area (Å²) in [6.45, 7) is 5.99. The number of hydrogen-bond acceptors (Lipinski definition) is 4. The van der Waals surface area contributed by atoms with E-state index < -0.39 is 11.6 Å². The fraction of sp³-hybridized carbons (Fsp3) is 0.533. The van der Waals surface area contributed by atoms with Gasteiger partial charge in [-0.2, -0.15) is 0 Å². The third-order valence-electron chi connectivity index (χ3n) is 3.17. The summed E-state index contributed by atoms with van der Waals surface area (Å²) < 4.78 is 5.39. The molecule has 21 heavy (non-hydrogen) atoms. The Bertz CT molecular complexity index is 554. The molecule has 1 aliphatic heterocycles. The Morgan fingerprint density at radius 2 is 2.14 bits per heavy atom. The summed E-state index contributed by atoms with van der Waals surface area (Å²) in [5.74, 6) is -0.568. The van der Waals surface area contributed by atoms with Gasteiger partial charge in [0, 0.05) is 18.3 Å². The number of halogens is 1. The van der Waals surface area contributed by atoms with Gasteiger partial charge in [-0.05, 0) is 45.7 Å². The molecule has 114 valence electrons. The zero-order valence-corrected chi connectivity index (χ0v) is 13.2. The van der Waals surface area contributed by atoms with Crippen LogP contribution in [0.2, 0.25) is 5.15 Å². The molecule has 0 bridgehead atoms. The Balaban J connectivity index is 2.15. The Morgan fingerprint density at radius 3 is 2.76 bits per heavy atom. The molecule has 0 N–H and O–H groups in total. The molecule has 0 aliphatic carbocycles. The SMILES string of the molecule is CC(C)(C)OC(=O)[C@@H]1CCCN1C(=O)c1ccnc(Cl)c1. The number of esters is 1. The van der Waals surface area contributed by atoms with E-state index in [1.54, 1.807) is 11.0 Å². The minimum absolute atomic E-state index is 0.215. The van der Waals surface area contributed by atoms with Gasteiger partial charge in [0.05, 0.1) is 0 Å². The zero-order valence-electron chi connectivity index (χ0n) is 12.4. The monoisotopic (exact) mass is 310 g/mol. The molecule has 5 nitrogen and oxygen atoms in total. The standard InChI is InChI=1S/C15H19ClN2O3/c1-15(2,3)21-14(20)11-5-4-8-18(11)13(19)10-6-7-17-12(16)9-10/h6-7,9,11H,4-5,8H2,1-3H3/t11-/m0/s1. The summed E-state index contributed by atoms with van der Waals surface area (Å²) >= 11 is 5.81. The molecule has 6 heteroatoms. The second-order valence-corrected chi connectivity index (χ2v) is 6.44. The van der Waals surface area contributed by atoms with E-state index in [9.17, 15) is 9.59 Å². The average Bonchev–Trinajstić information content (AvgIpc) is 2.85. The van der Waals surface area contributed by atoms with E-state index >= 15 is 0 Å². The van der Waals surface area contributed by atoms with Crippen LogP contribution in [-0.2, 0) is 9.53 Å². The maximum Gasteiger partial charge on any atom is 0.329 e. The van der Waals surface area contributed by atoms with Crippen molar-refractivity contribution in [3.05, 3.63) is 29.0 Å². The highest BCUT2D eigenvalue weighted by Crippen LogP contribution is 2.23. The molecule has 0 aromatic carbocycles. The predicted molar refractivity (Wildman–Crippen MR) is 79.2 cm³/mol. The number of likely N-dealkylation sites (tertiary alicyclic amines) is 1. The van der Waals surface area contributed by atoms with Crippen LogP contribution in [0.4, 0.5) is 0 Å². The number of nitrogens with zero attached hydrogens (tertiary/aromatic N) is 2. The molecule has 2 heterocycles. The van der Waals surface area contributed by atoms with Crippen molar-refractivity contribution in [2.75, 3.05) is 6.54 Å². The molecule has 1 aromatic rings. The van der Waals surface area contributed by atoms with Crippen LogP contribution in [0.1, 0.15) is 44.0 Å². The van der Waals surface area contributed by atoms with Gasteiger partial charge in [0.25, 0.3) is 5.91 Å². The van der Waals surface area contributed by atoms with Crippen molar-refractivity contribution >= 4 is 23.5 Å². The topological polar surface area (TPSA) is 59.5 Å². The number of carbonyl (C=O) groups is 2. The van der Waals surface area contributed by atoms with Gasteiger partial charge in [0.2, 0.25) is 0 Å². The quantitative estimate of drug-likeness (QED) is 0.622. The van der Waals surface area contributed by atoms with Crippen LogP contribution in [0, 0.1) is 0 Å². The zero-order chi connectivity index (χ0) is 15.6. The summed E-state index contributed by atoms with van der Waals surface area (Å²) in [6, 6.07) is 2.58. The average molecular weight is 311 g/mol. The Kier molecular flexibility index (Phi) is 4.52. The highest BCUT2D eigenvalue weighted by molar-refractivity contribution is 6.29. The number of amides is 1. The first-order chi connectivity index (χ1) is 9.78. The molecule has 1 atom stereocenters. The van der Waals surface area contributed by atoms with Crippen molar-refractivity contribution in [2.45, 2.75) is 45.3 Å². The first kappa shape index (κ1) is 15.8. The van der Waals surface area contributed by atoms with E-state index in [4.69, 9.17) is 16.3 Å². The Labute approximate surface area is 129 Å². The van der Waals surface area contributed by atoms with Gasteiger partial charge in [-0.25, -0.2) is 9.78 Å². The number of ether oxygens (including phenoxy) is 1. The van der Waals surface area contributed by atoms with E-state index in [-0.39, 0.29) is 17.0 Å². The first-order valence-corrected chi connectivity index (χ1v) is 7.31. The molecular weight excluding hydrogens is 292 g/mol. The van der Waals surface area contributed by atoms with Gasteiger partial charge in [-0.15, -0.1) is 0 Å². The Morgan fingerprint density at radius 1 is 1.43 bits per heavy atom. The van der Waals surface area contributed by atoms with E-state index in [1.165, 1.54) is 12.3 Å². The lowest BCUT2D eigenvalue weighted by molar-refractivity contribution is -0.159. The van der Waals surface area contributed by atoms with Crippen LogP contribution in [0.25, 0.3) is 0 Å². The molecular formula is C15H19ClN2O3. The summed E-state index contributed by atoms with van der Waals surface area (Å²) in [6.07, 6.45) is 2.89. The smallest absolute Gasteiger partial charge is 0.329 e. The number of pyridine rings is 1. The molecule has 1 aliphatic rings. The number of rotatable bonds is 2. The van der Waals surface area contributed by atoms with Crippen molar-refractivity contribution in [3.8, 4) is 0 Å². The molecule has 0 saturated carbocycles.